The van der Waals surface area contributed by atoms with Gasteiger partial charge in [0.25, 0.3) is 0 Å². The first-order valence-corrected chi connectivity index (χ1v) is 3.95. The molecule has 0 fully saturated rings. The van der Waals surface area contributed by atoms with Gasteiger partial charge in [0.1, 0.15) is 0 Å². The zero-order chi connectivity index (χ0) is 12.3. The van der Waals surface area contributed by atoms with Crippen LogP contribution in [0.3, 0.4) is 0 Å². The van der Waals surface area contributed by atoms with Crippen LogP contribution in [0.5, 0.6) is 0 Å². The second kappa shape index (κ2) is 4.25. The molecule has 1 amide bonds. The van der Waals surface area contributed by atoms with Crippen molar-refractivity contribution in [2.45, 2.75) is 12.2 Å². The lowest BCUT2D eigenvalue weighted by molar-refractivity contribution is -0.175. The Morgan fingerprint density at radius 1 is 1.44 bits per heavy atom. The molecule has 0 aliphatic rings. The third kappa shape index (κ3) is 2.75. The number of furan rings is 1. The molecule has 8 heteroatoms. The number of hydrogen-bond acceptors (Lipinski definition) is 3. The molecule has 0 bridgehead atoms. The summed E-state index contributed by atoms with van der Waals surface area (Å²) in [5.41, 5.74) is -0.0786. The molecule has 0 aliphatic heterocycles. The monoisotopic (exact) mass is 237 g/mol. The molecule has 0 spiro atoms. The fraction of sp³-hybridized carbons (Fsp3) is 0.250. The number of halogens is 3. The van der Waals surface area contributed by atoms with E-state index < -0.39 is 24.1 Å². The van der Waals surface area contributed by atoms with E-state index in [9.17, 15) is 22.8 Å². The summed E-state index contributed by atoms with van der Waals surface area (Å²) < 4.78 is 40.2. The van der Waals surface area contributed by atoms with Crippen LogP contribution in [-0.2, 0) is 9.59 Å². The molecule has 1 unspecified atom stereocenters. The maximum absolute atomic E-state index is 11.9. The second-order valence-electron chi connectivity index (χ2n) is 2.80. The Morgan fingerprint density at radius 2 is 2.06 bits per heavy atom. The van der Waals surface area contributed by atoms with E-state index in [1.54, 1.807) is 0 Å². The molecule has 5 nitrogen and oxygen atoms in total. The van der Waals surface area contributed by atoms with Crippen LogP contribution in [0, 0.1) is 0 Å². The van der Waals surface area contributed by atoms with Crippen LogP contribution in [0.1, 0.15) is 11.6 Å². The summed E-state index contributed by atoms with van der Waals surface area (Å²) in [5.74, 6) is -3.93. The molecule has 0 aliphatic carbocycles. The number of rotatable bonds is 3. The highest BCUT2D eigenvalue weighted by molar-refractivity contribution is 5.87. The minimum absolute atomic E-state index is 0.0786. The molecule has 0 aromatic carbocycles. The van der Waals surface area contributed by atoms with Gasteiger partial charge in [0.15, 0.2) is 6.04 Å². The molecule has 1 atom stereocenters. The van der Waals surface area contributed by atoms with Crippen molar-refractivity contribution < 1.29 is 32.3 Å². The summed E-state index contributed by atoms with van der Waals surface area (Å²) in [6, 6.07) is -0.636. The van der Waals surface area contributed by atoms with Gasteiger partial charge in [-0.3, -0.25) is 4.79 Å². The van der Waals surface area contributed by atoms with Crippen molar-refractivity contribution >= 4 is 11.9 Å². The summed E-state index contributed by atoms with van der Waals surface area (Å²) in [6.45, 7) is 0. The Kier molecular flexibility index (Phi) is 3.21. The van der Waals surface area contributed by atoms with Crippen LogP contribution < -0.4 is 5.32 Å². The zero-order valence-corrected chi connectivity index (χ0v) is 7.62. The molecule has 2 N–H and O–H groups in total. The molecule has 1 aromatic rings. The number of alkyl halides is 3. The molecule has 88 valence electrons. The molecular formula is C8H6F3NO4. The van der Waals surface area contributed by atoms with Crippen molar-refractivity contribution in [2.24, 2.45) is 0 Å². The van der Waals surface area contributed by atoms with Crippen LogP contribution >= 0.6 is 0 Å². The Morgan fingerprint density at radius 3 is 2.44 bits per heavy atom. The summed E-state index contributed by atoms with van der Waals surface area (Å²) in [6.07, 6.45) is -3.10. The smallest absolute Gasteiger partial charge is 0.471 e. The van der Waals surface area contributed by atoms with Gasteiger partial charge in [-0.1, -0.05) is 0 Å². The number of nitrogens with one attached hydrogen (secondary N) is 1. The van der Waals surface area contributed by atoms with Crippen LogP contribution in [0.2, 0.25) is 0 Å². The molecule has 16 heavy (non-hydrogen) atoms. The highest BCUT2D eigenvalue weighted by Gasteiger charge is 2.41. The van der Waals surface area contributed by atoms with Gasteiger partial charge >= 0.3 is 18.1 Å². The number of carboxylic acid groups (broad SMARTS) is 1. The van der Waals surface area contributed by atoms with Gasteiger partial charge in [0, 0.05) is 5.56 Å². The number of carboxylic acids is 1. The zero-order valence-electron chi connectivity index (χ0n) is 7.62. The lowest BCUT2D eigenvalue weighted by Crippen LogP contribution is -2.41. The highest BCUT2D eigenvalue weighted by Crippen LogP contribution is 2.19. The standard InChI is InChI=1S/C8H6F3NO4/c9-8(10,11)7(15)12-5(6(13)14)4-1-2-16-3-4/h1-3,5H,(H,12,15)(H,13,14). The minimum Gasteiger partial charge on any atom is -0.479 e. The van der Waals surface area contributed by atoms with Crippen LogP contribution in [0.25, 0.3) is 0 Å². The van der Waals surface area contributed by atoms with Gasteiger partial charge in [-0.05, 0) is 6.07 Å². The average molecular weight is 237 g/mol. The Hall–Kier alpha value is -1.99. The fourth-order valence-corrected chi connectivity index (χ4v) is 0.940. The van der Waals surface area contributed by atoms with Gasteiger partial charge in [-0.15, -0.1) is 0 Å². The van der Waals surface area contributed by atoms with E-state index in [4.69, 9.17) is 5.11 Å². The first-order valence-electron chi connectivity index (χ1n) is 3.95. The summed E-state index contributed by atoms with van der Waals surface area (Å²) in [5, 5.41) is 9.97. The predicted molar refractivity (Wildman–Crippen MR) is 43.3 cm³/mol. The maximum atomic E-state index is 11.9. The van der Waals surface area contributed by atoms with Gasteiger partial charge < -0.3 is 14.8 Å². The fourth-order valence-electron chi connectivity index (χ4n) is 0.940. The van der Waals surface area contributed by atoms with E-state index in [1.165, 1.54) is 5.32 Å². The molecule has 0 saturated carbocycles. The Bertz CT molecular complexity index is 384. The van der Waals surface area contributed by atoms with E-state index in [2.05, 4.69) is 4.42 Å². The van der Waals surface area contributed by atoms with Gasteiger partial charge in [0.05, 0.1) is 12.5 Å². The Labute approximate surface area is 86.8 Å². The molecule has 0 saturated heterocycles. The van der Waals surface area contributed by atoms with Crippen molar-refractivity contribution in [3.8, 4) is 0 Å². The predicted octanol–water partition coefficient (Wildman–Crippen LogP) is 1.08. The van der Waals surface area contributed by atoms with Crippen molar-refractivity contribution in [3.63, 3.8) is 0 Å². The molecular weight excluding hydrogens is 231 g/mol. The topological polar surface area (TPSA) is 79.5 Å². The number of carbonyl (C=O) groups is 2. The number of amides is 1. The SMILES string of the molecule is O=C(O)C(NC(=O)C(F)(F)F)c1ccoc1. The summed E-state index contributed by atoms with van der Waals surface area (Å²) >= 11 is 0. The summed E-state index contributed by atoms with van der Waals surface area (Å²) in [7, 11) is 0. The molecule has 1 heterocycles. The van der Waals surface area contributed by atoms with Crippen molar-refractivity contribution in [1.82, 2.24) is 5.32 Å². The first-order chi connectivity index (χ1) is 7.32. The van der Waals surface area contributed by atoms with Crippen molar-refractivity contribution in [2.75, 3.05) is 0 Å². The maximum Gasteiger partial charge on any atom is 0.471 e. The third-order valence-corrected chi connectivity index (χ3v) is 1.66. The van der Waals surface area contributed by atoms with Crippen LogP contribution in [-0.4, -0.2) is 23.2 Å². The van der Waals surface area contributed by atoms with E-state index in [1.807, 2.05) is 0 Å². The molecule has 1 aromatic heterocycles. The van der Waals surface area contributed by atoms with E-state index in [-0.39, 0.29) is 5.56 Å². The number of hydrogen-bond donors (Lipinski definition) is 2. The lowest BCUT2D eigenvalue weighted by Gasteiger charge is -2.13. The van der Waals surface area contributed by atoms with Crippen molar-refractivity contribution in [3.05, 3.63) is 24.2 Å². The first kappa shape index (κ1) is 12.1. The van der Waals surface area contributed by atoms with E-state index in [0.717, 1.165) is 18.6 Å². The molecule has 1 rings (SSSR count). The third-order valence-electron chi connectivity index (χ3n) is 1.66. The van der Waals surface area contributed by atoms with E-state index in [0.29, 0.717) is 0 Å². The second-order valence-corrected chi connectivity index (χ2v) is 2.80. The molecule has 0 radical (unpaired) electrons. The Balaban J connectivity index is 2.83. The number of aliphatic carboxylic acids is 1. The average Bonchev–Trinajstić information content (AvgIpc) is 2.63. The van der Waals surface area contributed by atoms with E-state index >= 15 is 0 Å². The largest absolute Gasteiger partial charge is 0.479 e. The highest BCUT2D eigenvalue weighted by atomic mass is 19.4. The van der Waals surface area contributed by atoms with Crippen LogP contribution in [0.15, 0.2) is 23.0 Å². The quantitative estimate of drug-likeness (QED) is 0.824. The van der Waals surface area contributed by atoms with Gasteiger partial charge in [0.2, 0.25) is 0 Å². The van der Waals surface area contributed by atoms with Gasteiger partial charge in [-0.2, -0.15) is 13.2 Å². The normalized spacial score (nSPS) is 13.2. The minimum atomic E-state index is -5.13. The van der Waals surface area contributed by atoms with Gasteiger partial charge in [-0.25, -0.2) is 4.79 Å². The van der Waals surface area contributed by atoms with Crippen molar-refractivity contribution in [1.29, 1.82) is 0 Å². The number of carbonyl (C=O) groups excluding carboxylic acids is 1. The lowest BCUT2D eigenvalue weighted by atomic mass is 10.1. The summed E-state index contributed by atoms with van der Waals surface area (Å²) in [4.78, 5) is 21.2. The van der Waals surface area contributed by atoms with Crippen LogP contribution in [0.4, 0.5) is 13.2 Å².